The Morgan fingerprint density at radius 2 is 2.29 bits per heavy atom. The van der Waals surface area contributed by atoms with Gasteiger partial charge < -0.3 is 5.11 Å². The summed E-state index contributed by atoms with van der Waals surface area (Å²) in [6.07, 6.45) is 2.21. The second kappa shape index (κ2) is 2.01. The number of hydrogen-bond donors (Lipinski definition) is 1. The maximum atomic E-state index is 8.47. The molecule has 2 atom stereocenters. The maximum absolute atomic E-state index is 8.47. The van der Waals surface area contributed by atoms with Gasteiger partial charge in [0.15, 0.2) is 0 Å². The molecule has 1 nitrogen and oxygen atoms in total. The summed E-state index contributed by atoms with van der Waals surface area (Å²) >= 11 is 5.66. The van der Waals surface area contributed by atoms with E-state index in [-0.39, 0.29) is 12.0 Å². The van der Waals surface area contributed by atoms with Crippen LogP contribution in [-0.4, -0.2) is 17.1 Å². The van der Waals surface area contributed by atoms with E-state index in [1.165, 1.54) is 0 Å². The van der Waals surface area contributed by atoms with Crippen LogP contribution < -0.4 is 0 Å². The van der Waals surface area contributed by atoms with Gasteiger partial charge in [0.2, 0.25) is 0 Å². The van der Waals surface area contributed by atoms with Gasteiger partial charge in [0.05, 0.1) is 0 Å². The van der Waals surface area contributed by atoms with Crippen molar-refractivity contribution in [2.75, 3.05) is 6.61 Å². The Morgan fingerprint density at radius 1 is 1.57 bits per heavy atom. The molecule has 0 amide bonds. The quantitative estimate of drug-likeness (QED) is 0.512. The second-order valence-electron chi connectivity index (χ2n) is 2.04. The molecule has 1 saturated carbocycles. The van der Waals surface area contributed by atoms with Crippen LogP contribution >= 0.6 is 11.6 Å². The predicted octanol–water partition coefficient (Wildman–Crippen LogP) is 0.996. The van der Waals surface area contributed by atoms with Gasteiger partial charge in [-0.05, 0) is 18.8 Å². The molecule has 2 unspecified atom stereocenters. The molecule has 1 rings (SSSR count). The number of alkyl halides is 1. The minimum atomic E-state index is 0.269. The molecule has 0 saturated heterocycles. The summed E-state index contributed by atoms with van der Waals surface area (Å²) in [7, 11) is 0. The zero-order chi connectivity index (χ0) is 5.28. The van der Waals surface area contributed by atoms with Gasteiger partial charge in [-0.2, -0.15) is 0 Å². The molecule has 7 heavy (non-hydrogen) atoms. The van der Waals surface area contributed by atoms with E-state index in [2.05, 4.69) is 0 Å². The smallest absolute Gasteiger partial charge is 0.0473 e. The summed E-state index contributed by atoms with van der Waals surface area (Å²) in [5, 5.41) is 8.74. The normalized spacial score (nSPS) is 40.3. The molecule has 1 N–H and O–H groups in total. The van der Waals surface area contributed by atoms with E-state index in [0.717, 1.165) is 12.8 Å². The molecular weight excluding hydrogens is 112 g/mol. The van der Waals surface area contributed by atoms with E-state index in [9.17, 15) is 0 Å². The molecule has 0 aromatic heterocycles. The summed E-state index contributed by atoms with van der Waals surface area (Å²) in [6.45, 7) is 0.272. The molecule has 0 bridgehead atoms. The number of hydrogen-bond acceptors (Lipinski definition) is 1. The van der Waals surface area contributed by atoms with Gasteiger partial charge in [-0.3, -0.25) is 0 Å². The monoisotopic (exact) mass is 120 g/mol. The topological polar surface area (TPSA) is 20.2 Å². The number of rotatable bonds is 1. The van der Waals surface area contributed by atoms with Crippen LogP contribution in [0.3, 0.4) is 0 Å². The minimum absolute atomic E-state index is 0.269. The highest BCUT2D eigenvalue weighted by Crippen LogP contribution is 2.31. The first-order valence-electron chi connectivity index (χ1n) is 2.59. The molecule has 0 spiro atoms. The van der Waals surface area contributed by atoms with E-state index in [1.807, 2.05) is 0 Å². The Bertz CT molecular complexity index is 63.1. The SMILES string of the molecule is OCC1CCC1Cl. The Hall–Kier alpha value is 0.250. The maximum Gasteiger partial charge on any atom is 0.0473 e. The number of halogens is 1. The van der Waals surface area contributed by atoms with Crippen LogP contribution in [0.5, 0.6) is 0 Å². The van der Waals surface area contributed by atoms with Gasteiger partial charge in [-0.25, -0.2) is 0 Å². The molecule has 2 heteroatoms. The average Bonchev–Trinajstić information content (AvgIpc) is 1.65. The van der Waals surface area contributed by atoms with E-state index in [1.54, 1.807) is 0 Å². The lowest BCUT2D eigenvalue weighted by atomic mass is 9.86. The molecule has 1 aliphatic carbocycles. The molecule has 0 aromatic rings. The predicted molar refractivity (Wildman–Crippen MR) is 29.5 cm³/mol. The lowest BCUT2D eigenvalue weighted by Gasteiger charge is -2.29. The van der Waals surface area contributed by atoms with Gasteiger partial charge in [0.25, 0.3) is 0 Å². The third kappa shape index (κ3) is 0.892. The summed E-state index contributed by atoms with van der Waals surface area (Å²) in [5.74, 6) is 0.404. The van der Waals surface area contributed by atoms with Crippen molar-refractivity contribution in [2.24, 2.45) is 5.92 Å². The van der Waals surface area contributed by atoms with Gasteiger partial charge >= 0.3 is 0 Å². The van der Waals surface area contributed by atoms with E-state index < -0.39 is 0 Å². The first-order valence-corrected chi connectivity index (χ1v) is 3.03. The van der Waals surface area contributed by atoms with Crippen molar-refractivity contribution in [1.82, 2.24) is 0 Å². The first kappa shape index (κ1) is 5.39. The van der Waals surface area contributed by atoms with Crippen molar-refractivity contribution in [3.8, 4) is 0 Å². The van der Waals surface area contributed by atoms with Crippen LogP contribution in [0.4, 0.5) is 0 Å². The average molecular weight is 121 g/mol. The molecule has 0 heterocycles. The highest BCUT2D eigenvalue weighted by atomic mass is 35.5. The zero-order valence-corrected chi connectivity index (χ0v) is 4.86. The summed E-state index contributed by atoms with van der Waals surface area (Å²) < 4.78 is 0. The number of aliphatic hydroxyl groups excluding tert-OH is 1. The molecule has 0 radical (unpaired) electrons. The Morgan fingerprint density at radius 3 is 2.29 bits per heavy atom. The third-order valence-electron chi connectivity index (χ3n) is 1.56. The fourth-order valence-corrected chi connectivity index (χ4v) is 1.07. The summed E-state index contributed by atoms with van der Waals surface area (Å²) in [5.41, 5.74) is 0. The lowest BCUT2D eigenvalue weighted by molar-refractivity contribution is 0.167. The molecule has 42 valence electrons. The highest BCUT2D eigenvalue weighted by molar-refractivity contribution is 6.21. The fraction of sp³-hybridized carbons (Fsp3) is 1.00. The van der Waals surface area contributed by atoms with E-state index >= 15 is 0 Å². The third-order valence-corrected chi connectivity index (χ3v) is 2.13. The van der Waals surface area contributed by atoms with Gasteiger partial charge in [-0.1, -0.05) is 0 Å². The van der Waals surface area contributed by atoms with Crippen molar-refractivity contribution >= 4 is 11.6 Å². The van der Waals surface area contributed by atoms with Gasteiger partial charge in [-0.15, -0.1) is 11.6 Å². The molecule has 1 aliphatic rings. The van der Waals surface area contributed by atoms with Gasteiger partial charge in [0.1, 0.15) is 0 Å². The zero-order valence-electron chi connectivity index (χ0n) is 4.10. The lowest BCUT2D eigenvalue weighted by Crippen LogP contribution is -2.29. The van der Waals surface area contributed by atoms with Crippen molar-refractivity contribution in [3.63, 3.8) is 0 Å². The Labute approximate surface area is 48.3 Å². The Kier molecular flexibility index (Phi) is 1.55. The second-order valence-corrected chi connectivity index (χ2v) is 2.60. The van der Waals surface area contributed by atoms with Crippen LogP contribution in [-0.2, 0) is 0 Å². The molecule has 1 fully saturated rings. The van der Waals surface area contributed by atoms with Crippen molar-refractivity contribution < 1.29 is 5.11 Å². The van der Waals surface area contributed by atoms with Crippen LogP contribution in [0.2, 0.25) is 0 Å². The van der Waals surface area contributed by atoms with Gasteiger partial charge in [0, 0.05) is 12.0 Å². The summed E-state index contributed by atoms with van der Waals surface area (Å²) in [6, 6.07) is 0. The van der Waals surface area contributed by atoms with Crippen LogP contribution in [0.15, 0.2) is 0 Å². The van der Waals surface area contributed by atoms with Crippen molar-refractivity contribution in [1.29, 1.82) is 0 Å². The largest absolute Gasteiger partial charge is 0.396 e. The first-order chi connectivity index (χ1) is 3.34. The molecule has 0 aliphatic heterocycles. The van der Waals surface area contributed by atoms with Crippen molar-refractivity contribution in [3.05, 3.63) is 0 Å². The van der Waals surface area contributed by atoms with E-state index in [4.69, 9.17) is 16.7 Å². The van der Waals surface area contributed by atoms with Crippen LogP contribution in [0, 0.1) is 5.92 Å². The standard InChI is InChI=1S/C5H9ClO/c6-5-2-1-4(5)3-7/h4-5,7H,1-3H2. The summed E-state index contributed by atoms with van der Waals surface area (Å²) in [4.78, 5) is 0. The minimum Gasteiger partial charge on any atom is -0.396 e. The molecular formula is C5H9ClO. The number of aliphatic hydroxyl groups is 1. The van der Waals surface area contributed by atoms with Crippen molar-refractivity contribution in [2.45, 2.75) is 18.2 Å². The Balaban J connectivity index is 2.16. The molecule has 0 aromatic carbocycles. The van der Waals surface area contributed by atoms with Crippen LogP contribution in [0.1, 0.15) is 12.8 Å². The fourth-order valence-electron chi connectivity index (χ4n) is 0.734. The highest BCUT2D eigenvalue weighted by Gasteiger charge is 2.27. The van der Waals surface area contributed by atoms with Crippen LogP contribution in [0.25, 0.3) is 0 Å². The van der Waals surface area contributed by atoms with E-state index in [0.29, 0.717) is 5.92 Å².